The van der Waals surface area contributed by atoms with E-state index in [-0.39, 0.29) is 18.4 Å². The van der Waals surface area contributed by atoms with Gasteiger partial charge in [0.05, 0.1) is 11.6 Å². The number of nitrogens with one attached hydrogen (secondary N) is 2. The fourth-order valence-corrected chi connectivity index (χ4v) is 3.90. The number of thiazole rings is 1. The Morgan fingerprint density at radius 3 is 3.04 bits per heavy atom. The zero-order chi connectivity index (χ0) is 19.3. The molecule has 144 valence electrons. The molecule has 0 saturated heterocycles. The maximum atomic E-state index is 12.5. The number of fused-ring (bicyclic) bond motifs is 1. The van der Waals surface area contributed by atoms with Gasteiger partial charge >= 0.3 is 0 Å². The minimum absolute atomic E-state index is 0.00841. The van der Waals surface area contributed by atoms with Crippen LogP contribution in [-0.2, 0) is 22.6 Å². The molecule has 0 fully saturated rings. The van der Waals surface area contributed by atoms with Crippen LogP contribution in [0.2, 0.25) is 0 Å². The van der Waals surface area contributed by atoms with Crippen molar-refractivity contribution in [2.24, 2.45) is 0 Å². The van der Waals surface area contributed by atoms with E-state index in [2.05, 4.69) is 26.7 Å². The number of rotatable bonds is 4. The van der Waals surface area contributed by atoms with Gasteiger partial charge in [0, 0.05) is 55.5 Å². The van der Waals surface area contributed by atoms with Crippen LogP contribution >= 0.6 is 11.3 Å². The lowest BCUT2D eigenvalue weighted by atomic mass is 10.1. The highest BCUT2D eigenvalue weighted by Crippen LogP contribution is 2.19. The predicted octanol–water partition coefficient (Wildman–Crippen LogP) is 1.99. The first-order chi connectivity index (χ1) is 13.7. The SMILES string of the molecule is O=C1CNCc2cc(/C=C/C(=O)N3CC=C(Cc4nccs4)CC3)cnc2N1. The first-order valence-electron chi connectivity index (χ1n) is 9.20. The van der Waals surface area contributed by atoms with Crippen molar-refractivity contribution in [1.29, 1.82) is 0 Å². The third-order valence-corrected chi connectivity index (χ3v) is 5.52. The van der Waals surface area contributed by atoms with E-state index in [0.717, 1.165) is 35.5 Å². The molecule has 2 N–H and O–H groups in total. The normalized spacial score (nSPS) is 17.1. The van der Waals surface area contributed by atoms with Crippen LogP contribution in [-0.4, -0.2) is 46.3 Å². The second-order valence-electron chi connectivity index (χ2n) is 6.76. The summed E-state index contributed by atoms with van der Waals surface area (Å²) in [6.45, 7) is 2.18. The van der Waals surface area contributed by atoms with Crippen LogP contribution in [0.4, 0.5) is 5.82 Å². The van der Waals surface area contributed by atoms with Crippen LogP contribution in [0, 0.1) is 0 Å². The molecule has 2 aromatic rings. The van der Waals surface area contributed by atoms with E-state index in [4.69, 9.17) is 0 Å². The molecule has 4 heterocycles. The van der Waals surface area contributed by atoms with Crippen molar-refractivity contribution >= 4 is 35.0 Å². The van der Waals surface area contributed by atoms with Crippen LogP contribution in [0.1, 0.15) is 22.6 Å². The number of carbonyl (C=O) groups is 2. The van der Waals surface area contributed by atoms with E-state index in [0.29, 0.717) is 18.9 Å². The van der Waals surface area contributed by atoms with Crippen LogP contribution in [0.5, 0.6) is 0 Å². The Morgan fingerprint density at radius 1 is 1.32 bits per heavy atom. The van der Waals surface area contributed by atoms with Gasteiger partial charge in [-0.2, -0.15) is 0 Å². The lowest BCUT2D eigenvalue weighted by Gasteiger charge is -2.25. The third-order valence-electron chi connectivity index (χ3n) is 4.74. The smallest absolute Gasteiger partial charge is 0.246 e. The molecule has 2 aliphatic rings. The van der Waals surface area contributed by atoms with Crippen molar-refractivity contribution in [2.45, 2.75) is 19.4 Å². The van der Waals surface area contributed by atoms with E-state index >= 15 is 0 Å². The van der Waals surface area contributed by atoms with Gasteiger partial charge in [-0.15, -0.1) is 11.3 Å². The van der Waals surface area contributed by atoms with Crippen molar-refractivity contribution in [1.82, 2.24) is 20.2 Å². The largest absolute Gasteiger partial charge is 0.335 e. The summed E-state index contributed by atoms with van der Waals surface area (Å²) in [5.74, 6) is 0.468. The van der Waals surface area contributed by atoms with Gasteiger partial charge in [-0.25, -0.2) is 9.97 Å². The molecule has 0 aromatic carbocycles. The lowest BCUT2D eigenvalue weighted by Crippen LogP contribution is -2.33. The van der Waals surface area contributed by atoms with E-state index in [1.807, 2.05) is 22.5 Å². The zero-order valence-corrected chi connectivity index (χ0v) is 16.2. The average Bonchev–Trinajstić information content (AvgIpc) is 3.14. The quantitative estimate of drug-likeness (QED) is 0.611. The molecular weight excluding hydrogens is 374 g/mol. The summed E-state index contributed by atoms with van der Waals surface area (Å²) in [5, 5.41) is 8.92. The molecule has 28 heavy (non-hydrogen) atoms. The molecule has 0 atom stereocenters. The van der Waals surface area contributed by atoms with E-state index in [1.54, 1.807) is 29.7 Å². The number of amides is 2. The van der Waals surface area contributed by atoms with Crippen molar-refractivity contribution in [3.05, 3.63) is 57.7 Å². The molecule has 0 aliphatic carbocycles. The standard InChI is InChI=1S/C20H21N5O2S/c26-17-13-21-12-16-9-15(11-23-20(16)24-17)1-2-19(27)25-6-3-14(4-7-25)10-18-22-5-8-28-18/h1-3,5,8-9,11,21H,4,6-7,10,12-13H2,(H,23,24,26)/b2-1+. The van der Waals surface area contributed by atoms with Gasteiger partial charge < -0.3 is 15.5 Å². The highest BCUT2D eigenvalue weighted by molar-refractivity contribution is 7.09. The van der Waals surface area contributed by atoms with Gasteiger partial charge in [-0.1, -0.05) is 11.6 Å². The molecular formula is C20H21N5O2S. The van der Waals surface area contributed by atoms with E-state index < -0.39 is 0 Å². The molecule has 0 bridgehead atoms. The highest BCUT2D eigenvalue weighted by atomic mass is 32.1. The first-order valence-corrected chi connectivity index (χ1v) is 10.1. The second-order valence-corrected chi connectivity index (χ2v) is 7.74. The molecule has 2 amide bonds. The van der Waals surface area contributed by atoms with Crippen molar-refractivity contribution in [3.63, 3.8) is 0 Å². The number of hydrogen-bond acceptors (Lipinski definition) is 6. The minimum Gasteiger partial charge on any atom is -0.335 e. The molecule has 0 unspecified atom stereocenters. The lowest BCUT2D eigenvalue weighted by molar-refractivity contribution is -0.125. The first kappa shape index (κ1) is 18.5. The second kappa shape index (κ2) is 8.45. The minimum atomic E-state index is -0.0999. The molecule has 8 heteroatoms. The number of hydrogen-bond donors (Lipinski definition) is 2. The number of nitrogens with zero attached hydrogens (tertiary/aromatic N) is 3. The molecule has 4 rings (SSSR count). The van der Waals surface area contributed by atoms with Crippen molar-refractivity contribution in [2.75, 3.05) is 25.0 Å². The Hall–Kier alpha value is -2.84. The Kier molecular flexibility index (Phi) is 5.59. The van der Waals surface area contributed by atoms with Gasteiger partial charge in [0.15, 0.2) is 0 Å². The fourth-order valence-electron chi connectivity index (χ4n) is 3.23. The Morgan fingerprint density at radius 2 is 2.25 bits per heavy atom. The predicted molar refractivity (Wildman–Crippen MR) is 109 cm³/mol. The summed E-state index contributed by atoms with van der Waals surface area (Å²) in [7, 11) is 0. The van der Waals surface area contributed by atoms with Crippen LogP contribution in [0.15, 0.2) is 41.6 Å². The Labute approximate surface area is 167 Å². The van der Waals surface area contributed by atoms with E-state index in [1.165, 1.54) is 5.57 Å². The maximum absolute atomic E-state index is 12.5. The zero-order valence-electron chi connectivity index (χ0n) is 15.4. The van der Waals surface area contributed by atoms with Crippen LogP contribution < -0.4 is 10.6 Å². The van der Waals surface area contributed by atoms with Crippen LogP contribution in [0.25, 0.3) is 6.08 Å². The Bertz CT molecular complexity index is 936. The maximum Gasteiger partial charge on any atom is 0.246 e. The number of carbonyl (C=O) groups excluding carboxylic acids is 2. The monoisotopic (exact) mass is 395 g/mol. The summed E-state index contributed by atoms with van der Waals surface area (Å²) in [6.07, 6.45) is 10.7. The van der Waals surface area contributed by atoms with Gasteiger partial charge in [-0.05, 0) is 24.1 Å². The van der Waals surface area contributed by atoms with Gasteiger partial charge in [0.25, 0.3) is 0 Å². The third kappa shape index (κ3) is 4.52. The summed E-state index contributed by atoms with van der Waals surface area (Å²) in [4.78, 5) is 34.5. The fraction of sp³-hybridized carbons (Fsp3) is 0.300. The molecule has 2 aromatic heterocycles. The summed E-state index contributed by atoms with van der Waals surface area (Å²) in [5.41, 5.74) is 3.09. The number of aromatic nitrogens is 2. The summed E-state index contributed by atoms with van der Waals surface area (Å²) in [6, 6.07) is 1.94. The van der Waals surface area contributed by atoms with Gasteiger partial charge in [0.1, 0.15) is 5.82 Å². The van der Waals surface area contributed by atoms with Gasteiger partial charge in [-0.3, -0.25) is 9.59 Å². The van der Waals surface area contributed by atoms with Gasteiger partial charge in [0.2, 0.25) is 11.8 Å². The molecule has 7 nitrogen and oxygen atoms in total. The number of pyridine rings is 1. The highest BCUT2D eigenvalue weighted by Gasteiger charge is 2.16. The van der Waals surface area contributed by atoms with Crippen molar-refractivity contribution in [3.8, 4) is 0 Å². The topological polar surface area (TPSA) is 87.2 Å². The summed E-state index contributed by atoms with van der Waals surface area (Å²) < 4.78 is 0. The molecule has 2 aliphatic heterocycles. The molecule has 0 saturated carbocycles. The number of anilines is 1. The summed E-state index contributed by atoms with van der Waals surface area (Å²) >= 11 is 1.66. The Balaban J connectivity index is 1.36. The van der Waals surface area contributed by atoms with Crippen LogP contribution in [0.3, 0.4) is 0 Å². The molecule has 0 radical (unpaired) electrons. The van der Waals surface area contributed by atoms with E-state index in [9.17, 15) is 9.59 Å². The van der Waals surface area contributed by atoms with Crippen molar-refractivity contribution < 1.29 is 9.59 Å². The average molecular weight is 395 g/mol. The molecule has 0 spiro atoms.